The van der Waals surface area contributed by atoms with Gasteiger partial charge in [0.05, 0.1) is 5.69 Å². The third kappa shape index (κ3) is 2.59. The number of anilines is 1. The van der Waals surface area contributed by atoms with E-state index in [9.17, 15) is 0 Å². The molecule has 1 aromatic rings. The normalized spacial score (nSPS) is 22.2. The predicted octanol–water partition coefficient (Wildman–Crippen LogP) is 4.58. The molecule has 0 radical (unpaired) electrons. The lowest BCUT2D eigenvalue weighted by molar-refractivity contribution is 0.575. The SMILES string of the molecule is CCn1c(C2CCCC2)nc(C2CCCCCC2)c1N. The van der Waals surface area contributed by atoms with Crippen molar-refractivity contribution in [3.8, 4) is 0 Å². The molecule has 3 nitrogen and oxygen atoms in total. The number of nitrogens with two attached hydrogens (primary N) is 1. The van der Waals surface area contributed by atoms with Crippen molar-refractivity contribution in [1.82, 2.24) is 9.55 Å². The fraction of sp³-hybridized carbons (Fsp3) is 0.824. The van der Waals surface area contributed by atoms with Crippen molar-refractivity contribution in [2.24, 2.45) is 0 Å². The Hall–Kier alpha value is -0.990. The molecule has 0 aromatic carbocycles. The van der Waals surface area contributed by atoms with Crippen LogP contribution in [0.3, 0.4) is 0 Å². The average molecular weight is 275 g/mol. The summed E-state index contributed by atoms with van der Waals surface area (Å²) in [4.78, 5) is 5.07. The molecule has 1 aromatic heterocycles. The highest BCUT2D eigenvalue weighted by Crippen LogP contribution is 2.39. The van der Waals surface area contributed by atoms with Crippen molar-refractivity contribution in [3.63, 3.8) is 0 Å². The first-order valence-corrected chi connectivity index (χ1v) is 8.67. The van der Waals surface area contributed by atoms with Crippen LogP contribution in [0.15, 0.2) is 0 Å². The van der Waals surface area contributed by atoms with Gasteiger partial charge in [-0.05, 0) is 32.6 Å². The monoisotopic (exact) mass is 275 g/mol. The van der Waals surface area contributed by atoms with Crippen LogP contribution in [0.4, 0.5) is 5.82 Å². The Morgan fingerprint density at radius 2 is 1.50 bits per heavy atom. The van der Waals surface area contributed by atoms with Crippen molar-refractivity contribution in [2.45, 2.75) is 89.5 Å². The van der Waals surface area contributed by atoms with Gasteiger partial charge < -0.3 is 10.3 Å². The van der Waals surface area contributed by atoms with Crippen molar-refractivity contribution in [2.75, 3.05) is 5.73 Å². The number of aromatic nitrogens is 2. The van der Waals surface area contributed by atoms with E-state index in [1.807, 2.05) is 0 Å². The molecule has 0 amide bonds. The summed E-state index contributed by atoms with van der Waals surface area (Å²) in [7, 11) is 0. The van der Waals surface area contributed by atoms with Gasteiger partial charge in [0.25, 0.3) is 0 Å². The van der Waals surface area contributed by atoms with E-state index < -0.39 is 0 Å². The Morgan fingerprint density at radius 1 is 0.950 bits per heavy atom. The quantitative estimate of drug-likeness (QED) is 0.820. The number of nitrogen functional groups attached to an aromatic ring is 1. The van der Waals surface area contributed by atoms with Gasteiger partial charge in [-0.25, -0.2) is 4.98 Å². The lowest BCUT2D eigenvalue weighted by Crippen LogP contribution is -2.08. The Morgan fingerprint density at radius 3 is 2.10 bits per heavy atom. The summed E-state index contributed by atoms with van der Waals surface area (Å²) in [6, 6.07) is 0. The summed E-state index contributed by atoms with van der Waals surface area (Å²) in [6.07, 6.45) is 13.4. The molecule has 0 unspecified atom stereocenters. The largest absolute Gasteiger partial charge is 0.384 e. The Bertz CT molecular complexity index is 435. The second kappa shape index (κ2) is 6.19. The number of nitrogens with zero attached hydrogens (tertiary/aromatic N) is 2. The number of rotatable bonds is 3. The molecule has 2 aliphatic carbocycles. The summed E-state index contributed by atoms with van der Waals surface area (Å²) in [5.74, 6) is 3.55. The molecule has 20 heavy (non-hydrogen) atoms. The summed E-state index contributed by atoms with van der Waals surface area (Å²) < 4.78 is 2.30. The third-order valence-corrected chi connectivity index (χ3v) is 5.34. The molecular weight excluding hydrogens is 246 g/mol. The van der Waals surface area contributed by atoms with E-state index in [0.29, 0.717) is 11.8 Å². The van der Waals surface area contributed by atoms with Crippen LogP contribution >= 0.6 is 0 Å². The topological polar surface area (TPSA) is 43.8 Å². The zero-order valence-corrected chi connectivity index (χ0v) is 12.9. The van der Waals surface area contributed by atoms with Gasteiger partial charge >= 0.3 is 0 Å². The lowest BCUT2D eigenvalue weighted by atomic mass is 9.96. The standard InChI is InChI=1S/C17H29N3/c1-2-20-16(18)15(13-9-5-3-4-6-10-13)19-17(20)14-11-7-8-12-14/h13-14H,2-12,18H2,1H3. The second-order valence-corrected chi connectivity index (χ2v) is 6.65. The third-order valence-electron chi connectivity index (χ3n) is 5.34. The molecule has 2 saturated carbocycles. The fourth-order valence-electron chi connectivity index (χ4n) is 4.18. The molecule has 2 fully saturated rings. The maximum atomic E-state index is 6.46. The Labute approximate surface area is 123 Å². The molecule has 2 N–H and O–H groups in total. The average Bonchev–Trinajstić information content (AvgIpc) is 3.00. The molecule has 1 heterocycles. The molecule has 2 aliphatic rings. The van der Waals surface area contributed by atoms with Crippen LogP contribution in [0.25, 0.3) is 0 Å². The summed E-state index contributed by atoms with van der Waals surface area (Å²) in [5, 5.41) is 0. The maximum absolute atomic E-state index is 6.46. The molecule has 0 aliphatic heterocycles. The Kier molecular flexibility index (Phi) is 4.32. The Balaban J connectivity index is 1.90. The first kappa shape index (κ1) is 14.0. The van der Waals surface area contributed by atoms with E-state index >= 15 is 0 Å². The van der Waals surface area contributed by atoms with Crippen LogP contribution in [-0.4, -0.2) is 9.55 Å². The first-order chi connectivity index (χ1) is 9.81. The van der Waals surface area contributed by atoms with E-state index in [2.05, 4.69) is 11.5 Å². The van der Waals surface area contributed by atoms with Gasteiger partial charge in [-0.1, -0.05) is 38.5 Å². The van der Waals surface area contributed by atoms with Crippen LogP contribution < -0.4 is 5.73 Å². The molecule has 0 saturated heterocycles. The van der Waals surface area contributed by atoms with Gasteiger partial charge in [-0.3, -0.25) is 0 Å². The minimum atomic E-state index is 0.616. The van der Waals surface area contributed by atoms with E-state index in [4.69, 9.17) is 10.7 Å². The van der Waals surface area contributed by atoms with Gasteiger partial charge in [-0.15, -0.1) is 0 Å². The van der Waals surface area contributed by atoms with Crippen LogP contribution in [0.1, 0.15) is 94.5 Å². The zero-order valence-electron chi connectivity index (χ0n) is 12.9. The zero-order chi connectivity index (χ0) is 13.9. The molecule has 0 bridgehead atoms. The summed E-state index contributed by atoms with van der Waals surface area (Å²) in [6.45, 7) is 3.17. The highest BCUT2D eigenvalue weighted by molar-refractivity contribution is 5.41. The molecule has 0 atom stereocenters. The van der Waals surface area contributed by atoms with Gasteiger partial charge in [-0.2, -0.15) is 0 Å². The predicted molar refractivity (Wildman–Crippen MR) is 84.0 cm³/mol. The highest BCUT2D eigenvalue weighted by Gasteiger charge is 2.27. The fourth-order valence-corrected chi connectivity index (χ4v) is 4.18. The number of hydrogen-bond donors (Lipinski definition) is 1. The van der Waals surface area contributed by atoms with Gasteiger partial charge in [0.2, 0.25) is 0 Å². The van der Waals surface area contributed by atoms with Crippen LogP contribution in [0.2, 0.25) is 0 Å². The van der Waals surface area contributed by atoms with E-state index in [0.717, 1.165) is 12.4 Å². The smallest absolute Gasteiger partial charge is 0.127 e. The minimum absolute atomic E-state index is 0.616. The van der Waals surface area contributed by atoms with Gasteiger partial charge in [0, 0.05) is 18.4 Å². The van der Waals surface area contributed by atoms with E-state index in [1.165, 1.54) is 75.7 Å². The summed E-state index contributed by atoms with van der Waals surface area (Å²) in [5.41, 5.74) is 7.70. The van der Waals surface area contributed by atoms with Crippen LogP contribution in [-0.2, 0) is 6.54 Å². The first-order valence-electron chi connectivity index (χ1n) is 8.67. The van der Waals surface area contributed by atoms with Crippen LogP contribution in [0, 0.1) is 0 Å². The number of hydrogen-bond acceptors (Lipinski definition) is 2. The van der Waals surface area contributed by atoms with Crippen LogP contribution in [0.5, 0.6) is 0 Å². The van der Waals surface area contributed by atoms with Crippen molar-refractivity contribution < 1.29 is 0 Å². The highest BCUT2D eigenvalue weighted by atomic mass is 15.1. The molecule has 3 heteroatoms. The van der Waals surface area contributed by atoms with E-state index in [1.54, 1.807) is 0 Å². The summed E-state index contributed by atoms with van der Waals surface area (Å²) >= 11 is 0. The number of imidazole rings is 1. The van der Waals surface area contributed by atoms with E-state index in [-0.39, 0.29) is 0 Å². The van der Waals surface area contributed by atoms with Crippen molar-refractivity contribution >= 4 is 5.82 Å². The minimum Gasteiger partial charge on any atom is -0.384 e. The van der Waals surface area contributed by atoms with Crippen molar-refractivity contribution in [1.29, 1.82) is 0 Å². The lowest BCUT2D eigenvalue weighted by Gasteiger charge is -2.12. The van der Waals surface area contributed by atoms with Gasteiger partial charge in [0.15, 0.2) is 0 Å². The molecule has 3 rings (SSSR count). The molecular formula is C17H29N3. The molecule has 0 spiro atoms. The second-order valence-electron chi connectivity index (χ2n) is 6.65. The van der Waals surface area contributed by atoms with Gasteiger partial charge in [0.1, 0.15) is 11.6 Å². The molecule has 112 valence electrons. The maximum Gasteiger partial charge on any atom is 0.127 e. The van der Waals surface area contributed by atoms with Crippen molar-refractivity contribution in [3.05, 3.63) is 11.5 Å².